The standard InChI is InChI=1S/C18H15F3N2O2/c1-12-7-5-6-10-14(12)17(25)11-15(18(19,20)21)22-23(17)16(24)13-8-3-2-4-9-13/h2-10,25H,11H2,1H3. The number of carbonyl (C=O) groups excluding carboxylic acids is 1. The molecule has 2 aromatic carbocycles. The summed E-state index contributed by atoms with van der Waals surface area (Å²) in [5, 5.41) is 15.0. The van der Waals surface area contributed by atoms with Crippen molar-refractivity contribution in [3.05, 3.63) is 71.3 Å². The van der Waals surface area contributed by atoms with E-state index in [1.54, 1.807) is 43.3 Å². The van der Waals surface area contributed by atoms with Crippen molar-refractivity contribution in [3.8, 4) is 0 Å². The zero-order valence-corrected chi connectivity index (χ0v) is 13.3. The Morgan fingerprint density at radius 3 is 2.32 bits per heavy atom. The first-order valence-electron chi connectivity index (χ1n) is 7.56. The van der Waals surface area contributed by atoms with Crippen LogP contribution in [0.4, 0.5) is 13.2 Å². The summed E-state index contributed by atoms with van der Waals surface area (Å²) in [5.41, 5.74) is -2.47. The van der Waals surface area contributed by atoms with Gasteiger partial charge in [-0.2, -0.15) is 23.3 Å². The average Bonchev–Trinajstić information content (AvgIpc) is 2.94. The molecule has 1 aliphatic heterocycles. The van der Waals surface area contributed by atoms with E-state index in [9.17, 15) is 23.1 Å². The first-order valence-corrected chi connectivity index (χ1v) is 7.56. The predicted octanol–water partition coefficient (Wildman–Crippen LogP) is 3.60. The molecule has 0 saturated carbocycles. The molecular weight excluding hydrogens is 333 g/mol. The predicted molar refractivity (Wildman–Crippen MR) is 85.8 cm³/mol. The number of rotatable bonds is 2. The van der Waals surface area contributed by atoms with Gasteiger partial charge in [0.2, 0.25) is 0 Å². The van der Waals surface area contributed by atoms with Crippen LogP contribution in [0.5, 0.6) is 0 Å². The number of aliphatic hydroxyl groups is 1. The number of halogens is 3. The molecule has 3 rings (SSSR count). The molecule has 0 saturated heterocycles. The molecule has 0 aromatic heterocycles. The summed E-state index contributed by atoms with van der Waals surface area (Å²) in [5.74, 6) is -0.800. The molecule has 2 aromatic rings. The fourth-order valence-electron chi connectivity index (χ4n) is 2.85. The number of nitrogens with zero attached hydrogens (tertiary/aromatic N) is 2. The molecule has 1 N–H and O–H groups in total. The third kappa shape index (κ3) is 3.02. The summed E-state index contributed by atoms with van der Waals surface area (Å²) in [6.45, 7) is 1.66. The second-order valence-corrected chi connectivity index (χ2v) is 5.84. The van der Waals surface area contributed by atoms with E-state index in [1.165, 1.54) is 18.2 Å². The molecule has 0 radical (unpaired) electrons. The van der Waals surface area contributed by atoms with Crippen molar-refractivity contribution in [1.29, 1.82) is 0 Å². The third-order valence-electron chi connectivity index (χ3n) is 4.10. The lowest BCUT2D eigenvalue weighted by molar-refractivity contribution is -0.0819. The van der Waals surface area contributed by atoms with E-state index in [0.29, 0.717) is 10.6 Å². The Balaban J connectivity index is 2.11. The number of alkyl halides is 3. The summed E-state index contributed by atoms with van der Waals surface area (Å²) in [6, 6.07) is 14.2. The summed E-state index contributed by atoms with van der Waals surface area (Å²) >= 11 is 0. The van der Waals surface area contributed by atoms with Crippen molar-refractivity contribution in [1.82, 2.24) is 5.01 Å². The van der Waals surface area contributed by atoms with E-state index in [2.05, 4.69) is 5.10 Å². The van der Waals surface area contributed by atoms with Crippen molar-refractivity contribution in [2.45, 2.75) is 25.2 Å². The Morgan fingerprint density at radius 2 is 1.72 bits per heavy atom. The lowest BCUT2D eigenvalue weighted by Gasteiger charge is -2.32. The largest absolute Gasteiger partial charge is 0.431 e. The van der Waals surface area contributed by atoms with Gasteiger partial charge in [0.05, 0.1) is 6.42 Å². The van der Waals surface area contributed by atoms with Crippen LogP contribution in [-0.2, 0) is 5.72 Å². The van der Waals surface area contributed by atoms with E-state index >= 15 is 0 Å². The highest BCUT2D eigenvalue weighted by Crippen LogP contribution is 2.41. The van der Waals surface area contributed by atoms with Gasteiger partial charge in [0.25, 0.3) is 5.91 Å². The Hall–Kier alpha value is -2.67. The van der Waals surface area contributed by atoms with E-state index in [-0.39, 0.29) is 11.1 Å². The minimum absolute atomic E-state index is 0.140. The van der Waals surface area contributed by atoms with E-state index < -0.39 is 29.9 Å². The van der Waals surface area contributed by atoms with Crippen LogP contribution < -0.4 is 0 Å². The first-order chi connectivity index (χ1) is 11.7. The second kappa shape index (κ2) is 6.00. The van der Waals surface area contributed by atoms with Crippen LogP contribution in [0, 0.1) is 6.92 Å². The van der Waals surface area contributed by atoms with Gasteiger partial charge in [-0.3, -0.25) is 4.79 Å². The van der Waals surface area contributed by atoms with Gasteiger partial charge >= 0.3 is 6.18 Å². The maximum absolute atomic E-state index is 13.2. The van der Waals surface area contributed by atoms with Gasteiger partial charge in [-0.05, 0) is 24.6 Å². The quantitative estimate of drug-likeness (QED) is 0.901. The lowest BCUT2D eigenvalue weighted by atomic mass is 9.93. The van der Waals surface area contributed by atoms with Crippen LogP contribution in [0.2, 0.25) is 0 Å². The van der Waals surface area contributed by atoms with Gasteiger partial charge < -0.3 is 5.11 Å². The van der Waals surface area contributed by atoms with Crippen LogP contribution in [-0.4, -0.2) is 27.9 Å². The Labute approximate surface area is 142 Å². The number of carbonyl (C=O) groups is 1. The molecule has 4 nitrogen and oxygen atoms in total. The SMILES string of the molecule is Cc1ccccc1C1(O)CC(C(F)(F)F)=NN1C(=O)c1ccccc1. The minimum atomic E-state index is -4.73. The summed E-state index contributed by atoms with van der Waals surface area (Å²) in [4.78, 5) is 12.7. The van der Waals surface area contributed by atoms with Crippen molar-refractivity contribution in [2.24, 2.45) is 5.10 Å². The molecule has 1 aliphatic rings. The molecule has 0 bridgehead atoms. The van der Waals surface area contributed by atoms with Crippen molar-refractivity contribution in [2.75, 3.05) is 0 Å². The number of amides is 1. The molecule has 0 spiro atoms. The molecule has 1 unspecified atom stereocenters. The molecule has 7 heteroatoms. The maximum Gasteiger partial charge on any atom is 0.431 e. The number of hydrogen-bond donors (Lipinski definition) is 1. The van der Waals surface area contributed by atoms with Crippen LogP contribution in [0.25, 0.3) is 0 Å². The molecule has 1 atom stereocenters. The molecule has 1 amide bonds. The van der Waals surface area contributed by atoms with Gasteiger partial charge in [0, 0.05) is 11.1 Å². The Morgan fingerprint density at radius 1 is 1.12 bits per heavy atom. The zero-order chi connectivity index (χ0) is 18.2. The number of hydrogen-bond acceptors (Lipinski definition) is 3. The third-order valence-corrected chi connectivity index (χ3v) is 4.10. The maximum atomic E-state index is 13.2. The fourth-order valence-corrected chi connectivity index (χ4v) is 2.85. The lowest BCUT2D eigenvalue weighted by Crippen LogP contribution is -2.44. The fraction of sp³-hybridized carbons (Fsp3) is 0.222. The first kappa shape index (κ1) is 17.2. The van der Waals surface area contributed by atoms with Crippen molar-refractivity contribution in [3.63, 3.8) is 0 Å². The topological polar surface area (TPSA) is 52.9 Å². The number of benzene rings is 2. The van der Waals surface area contributed by atoms with E-state index in [1.807, 2.05) is 0 Å². The number of hydrazone groups is 1. The summed E-state index contributed by atoms with van der Waals surface area (Å²) in [7, 11) is 0. The van der Waals surface area contributed by atoms with Crippen molar-refractivity contribution < 1.29 is 23.1 Å². The van der Waals surface area contributed by atoms with E-state index in [0.717, 1.165) is 0 Å². The summed E-state index contributed by atoms with van der Waals surface area (Å²) < 4.78 is 39.5. The monoisotopic (exact) mass is 348 g/mol. The van der Waals surface area contributed by atoms with Crippen LogP contribution in [0.1, 0.15) is 27.9 Å². The highest BCUT2D eigenvalue weighted by molar-refractivity contribution is 5.99. The minimum Gasteiger partial charge on any atom is -0.365 e. The highest BCUT2D eigenvalue weighted by atomic mass is 19.4. The molecule has 0 fully saturated rings. The Kier molecular flexibility index (Phi) is 4.12. The van der Waals surface area contributed by atoms with Gasteiger partial charge in [0.15, 0.2) is 5.72 Å². The van der Waals surface area contributed by atoms with Gasteiger partial charge in [0.1, 0.15) is 5.71 Å². The smallest absolute Gasteiger partial charge is 0.365 e. The van der Waals surface area contributed by atoms with Crippen LogP contribution in [0.15, 0.2) is 59.7 Å². The molecular formula is C18H15F3N2O2. The second-order valence-electron chi connectivity index (χ2n) is 5.84. The molecule has 0 aliphatic carbocycles. The van der Waals surface area contributed by atoms with Crippen molar-refractivity contribution >= 4 is 11.6 Å². The molecule has 25 heavy (non-hydrogen) atoms. The van der Waals surface area contributed by atoms with Crippen LogP contribution in [0.3, 0.4) is 0 Å². The van der Waals surface area contributed by atoms with E-state index in [4.69, 9.17) is 0 Å². The molecule has 130 valence electrons. The van der Waals surface area contributed by atoms with Crippen LogP contribution >= 0.6 is 0 Å². The zero-order valence-electron chi connectivity index (χ0n) is 13.3. The Bertz CT molecular complexity index is 834. The normalized spacial score (nSPS) is 20.5. The summed E-state index contributed by atoms with van der Waals surface area (Å²) in [6.07, 6.45) is -5.55. The molecule has 1 heterocycles. The van der Waals surface area contributed by atoms with Gasteiger partial charge in [-0.25, -0.2) is 0 Å². The number of aryl methyl sites for hydroxylation is 1. The van der Waals surface area contributed by atoms with Gasteiger partial charge in [-0.15, -0.1) is 0 Å². The van der Waals surface area contributed by atoms with Gasteiger partial charge in [-0.1, -0.05) is 42.5 Å². The average molecular weight is 348 g/mol. The highest BCUT2D eigenvalue weighted by Gasteiger charge is 2.53.